The van der Waals surface area contributed by atoms with Crippen molar-refractivity contribution in [1.82, 2.24) is 4.98 Å². The van der Waals surface area contributed by atoms with E-state index in [1.54, 1.807) is 0 Å². The number of ether oxygens (including phenoxy) is 1. The van der Waals surface area contributed by atoms with E-state index in [0.29, 0.717) is 5.88 Å². The maximum absolute atomic E-state index is 5.79. The number of pyridine rings is 1. The lowest BCUT2D eigenvalue weighted by Gasteiger charge is -2.26. The van der Waals surface area contributed by atoms with Gasteiger partial charge in [0.25, 0.3) is 0 Å². The molecule has 0 atom stereocenters. The highest BCUT2D eigenvalue weighted by Gasteiger charge is 2.23. The SMILES string of the molecule is Cc1ccc(C(C)(C)C)c(OC(C)(C)S)n1. The van der Waals surface area contributed by atoms with Crippen LogP contribution in [0.3, 0.4) is 0 Å². The van der Waals surface area contributed by atoms with E-state index in [2.05, 4.69) is 44.5 Å². The molecule has 2 nitrogen and oxygen atoms in total. The van der Waals surface area contributed by atoms with Gasteiger partial charge in [0.2, 0.25) is 5.88 Å². The molecule has 3 heteroatoms. The maximum atomic E-state index is 5.79. The van der Waals surface area contributed by atoms with Gasteiger partial charge in [-0.15, -0.1) is 12.6 Å². The molecule has 0 bridgehead atoms. The van der Waals surface area contributed by atoms with Crippen LogP contribution in [0.15, 0.2) is 12.1 Å². The van der Waals surface area contributed by atoms with Crippen molar-refractivity contribution in [2.75, 3.05) is 0 Å². The molecule has 0 unspecified atom stereocenters. The van der Waals surface area contributed by atoms with Crippen molar-refractivity contribution < 1.29 is 4.74 Å². The van der Waals surface area contributed by atoms with Crippen molar-refractivity contribution in [3.05, 3.63) is 23.4 Å². The molecule has 90 valence electrons. The largest absolute Gasteiger partial charge is 0.461 e. The van der Waals surface area contributed by atoms with Crippen LogP contribution in [-0.4, -0.2) is 9.92 Å². The van der Waals surface area contributed by atoms with Gasteiger partial charge in [-0.2, -0.15) is 0 Å². The van der Waals surface area contributed by atoms with Crippen LogP contribution in [0.2, 0.25) is 0 Å². The first-order chi connectivity index (χ1) is 7.09. The number of hydrogen-bond donors (Lipinski definition) is 1. The number of hydrogen-bond acceptors (Lipinski definition) is 3. The highest BCUT2D eigenvalue weighted by molar-refractivity contribution is 7.81. The number of aromatic nitrogens is 1. The molecule has 0 aliphatic rings. The first-order valence-corrected chi connectivity index (χ1v) is 5.94. The summed E-state index contributed by atoms with van der Waals surface area (Å²) in [4.78, 5) is 3.94. The van der Waals surface area contributed by atoms with Crippen molar-refractivity contribution in [2.45, 2.75) is 51.9 Å². The minimum Gasteiger partial charge on any atom is -0.461 e. The average Bonchev–Trinajstić information content (AvgIpc) is 1.97. The molecule has 1 aromatic rings. The Bertz CT molecular complexity index is 374. The molecule has 0 saturated heterocycles. The quantitative estimate of drug-likeness (QED) is 0.627. The Morgan fingerprint density at radius 2 is 1.69 bits per heavy atom. The van der Waals surface area contributed by atoms with Gasteiger partial charge in [-0.1, -0.05) is 26.8 Å². The number of thiol groups is 1. The molecular weight excluding hydrogens is 218 g/mol. The summed E-state index contributed by atoms with van der Waals surface area (Å²) in [7, 11) is 0. The normalized spacial score (nSPS) is 12.7. The predicted octanol–water partition coefficient (Wildman–Crippen LogP) is 3.73. The van der Waals surface area contributed by atoms with Gasteiger partial charge < -0.3 is 4.74 Å². The van der Waals surface area contributed by atoms with Crippen molar-refractivity contribution in [1.29, 1.82) is 0 Å². The van der Waals surface area contributed by atoms with Crippen LogP contribution < -0.4 is 4.74 Å². The van der Waals surface area contributed by atoms with Crippen LogP contribution in [0, 0.1) is 6.92 Å². The molecule has 0 N–H and O–H groups in total. The van der Waals surface area contributed by atoms with E-state index >= 15 is 0 Å². The Morgan fingerprint density at radius 1 is 1.12 bits per heavy atom. The molecule has 0 aliphatic heterocycles. The van der Waals surface area contributed by atoms with Gasteiger partial charge in [0.15, 0.2) is 0 Å². The summed E-state index contributed by atoms with van der Waals surface area (Å²) in [5, 5.41) is 0. The van der Waals surface area contributed by atoms with Crippen molar-refractivity contribution in [3.63, 3.8) is 0 Å². The lowest BCUT2D eigenvalue weighted by atomic mass is 9.87. The number of nitrogens with zero attached hydrogens (tertiary/aromatic N) is 1. The Kier molecular flexibility index (Phi) is 3.58. The minimum absolute atomic E-state index is 0.0229. The third-order valence-electron chi connectivity index (χ3n) is 2.15. The second-order valence-electron chi connectivity index (χ2n) is 5.60. The highest BCUT2D eigenvalue weighted by atomic mass is 32.1. The van der Waals surface area contributed by atoms with Gasteiger partial charge in [0, 0.05) is 11.3 Å². The summed E-state index contributed by atoms with van der Waals surface area (Å²) in [6, 6.07) is 4.09. The Balaban J connectivity index is 3.19. The molecule has 0 radical (unpaired) electrons. The molecule has 0 amide bonds. The van der Waals surface area contributed by atoms with Crippen molar-refractivity contribution in [3.8, 4) is 5.88 Å². The Hall–Kier alpha value is -0.700. The fourth-order valence-electron chi connectivity index (χ4n) is 1.42. The first-order valence-electron chi connectivity index (χ1n) is 5.49. The van der Waals surface area contributed by atoms with Gasteiger partial charge in [-0.05, 0) is 32.3 Å². The van der Waals surface area contributed by atoms with E-state index in [9.17, 15) is 0 Å². The van der Waals surface area contributed by atoms with E-state index in [1.165, 1.54) is 0 Å². The number of aryl methyl sites for hydroxylation is 1. The predicted molar refractivity (Wildman–Crippen MR) is 71.4 cm³/mol. The monoisotopic (exact) mass is 239 g/mol. The second kappa shape index (κ2) is 4.28. The summed E-state index contributed by atoms with van der Waals surface area (Å²) < 4.78 is 5.79. The summed E-state index contributed by atoms with van der Waals surface area (Å²) in [5.41, 5.74) is 2.09. The van der Waals surface area contributed by atoms with Crippen molar-refractivity contribution >= 4 is 12.6 Å². The molecule has 0 fully saturated rings. The molecule has 16 heavy (non-hydrogen) atoms. The lowest BCUT2D eigenvalue weighted by Crippen LogP contribution is -2.24. The fourth-order valence-corrected chi connectivity index (χ4v) is 1.50. The molecule has 0 saturated carbocycles. The molecule has 1 rings (SSSR count). The zero-order valence-corrected chi connectivity index (χ0v) is 11.9. The van der Waals surface area contributed by atoms with Crippen LogP contribution in [0.25, 0.3) is 0 Å². The van der Waals surface area contributed by atoms with Crippen LogP contribution in [0.4, 0.5) is 0 Å². The van der Waals surface area contributed by atoms with Crippen LogP contribution in [0.1, 0.15) is 45.9 Å². The van der Waals surface area contributed by atoms with Crippen LogP contribution >= 0.6 is 12.6 Å². The third kappa shape index (κ3) is 3.71. The van der Waals surface area contributed by atoms with E-state index < -0.39 is 4.93 Å². The van der Waals surface area contributed by atoms with E-state index in [-0.39, 0.29) is 5.41 Å². The summed E-state index contributed by atoms with van der Waals surface area (Å²) in [5.74, 6) is 0.688. The first kappa shape index (κ1) is 13.4. The molecule has 1 heterocycles. The zero-order chi connectivity index (χ0) is 12.6. The molecule has 1 aromatic heterocycles. The molecule has 0 spiro atoms. The summed E-state index contributed by atoms with van der Waals surface area (Å²) in [6.07, 6.45) is 0. The highest BCUT2D eigenvalue weighted by Crippen LogP contribution is 2.32. The van der Waals surface area contributed by atoms with E-state index in [1.807, 2.05) is 26.8 Å². The topological polar surface area (TPSA) is 22.1 Å². The smallest absolute Gasteiger partial charge is 0.218 e. The summed E-state index contributed by atoms with van der Waals surface area (Å²) >= 11 is 4.38. The van der Waals surface area contributed by atoms with Gasteiger partial charge >= 0.3 is 0 Å². The second-order valence-corrected chi connectivity index (χ2v) is 6.68. The molecular formula is C13H21NOS. The van der Waals surface area contributed by atoms with Gasteiger partial charge in [0.1, 0.15) is 4.93 Å². The van der Waals surface area contributed by atoms with Crippen LogP contribution in [0.5, 0.6) is 5.88 Å². The number of rotatable bonds is 2. The van der Waals surface area contributed by atoms with E-state index in [4.69, 9.17) is 4.74 Å². The van der Waals surface area contributed by atoms with Crippen LogP contribution in [-0.2, 0) is 5.41 Å². The minimum atomic E-state index is -0.513. The lowest BCUT2D eigenvalue weighted by molar-refractivity contribution is 0.195. The summed E-state index contributed by atoms with van der Waals surface area (Å²) in [6.45, 7) is 12.2. The van der Waals surface area contributed by atoms with Crippen molar-refractivity contribution in [2.24, 2.45) is 0 Å². The zero-order valence-electron chi connectivity index (χ0n) is 11.0. The Morgan fingerprint density at radius 3 is 2.12 bits per heavy atom. The average molecular weight is 239 g/mol. The van der Waals surface area contributed by atoms with E-state index in [0.717, 1.165) is 11.3 Å². The fraction of sp³-hybridized carbons (Fsp3) is 0.615. The molecule has 0 aliphatic carbocycles. The standard InChI is InChI=1S/C13H21NOS/c1-9-7-8-10(12(2,3)4)11(14-9)15-13(5,6)16/h7-8,16H,1-6H3. The van der Waals surface area contributed by atoms with Gasteiger partial charge in [0.05, 0.1) is 0 Å². The van der Waals surface area contributed by atoms with Gasteiger partial charge in [-0.3, -0.25) is 0 Å². The third-order valence-corrected chi connectivity index (χ3v) is 2.25. The molecule has 0 aromatic carbocycles. The Labute approximate surface area is 104 Å². The van der Waals surface area contributed by atoms with Gasteiger partial charge in [-0.25, -0.2) is 4.98 Å². The maximum Gasteiger partial charge on any atom is 0.218 e.